The number of rotatable bonds is 0. The van der Waals surface area contributed by atoms with E-state index >= 15 is 0 Å². The Kier molecular flexibility index (Phi) is 1.13. The van der Waals surface area contributed by atoms with Crippen LogP contribution in [0, 0.1) is 6.57 Å². The summed E-state index contributed by atoms with van der Waals surface area (Å²) in [6, 6.07) is 5.55. The zero-order valence-electron chi connectivity index (χ0n) is 5.73. The van der Waals surface area contributed by atoms with Crippen LogP contribution in [0.4, 0.5) is 5.69 Å². The highest BCUT2D eigenvalue weighted by Crippen LogP contribution is 2.12. The Hall–Kier alpha value is -1.82. The van der Waals surface area contributed by atoms with Crippen LogP contribution in [0.1, 0.15) is 0 Å². The summed E-state index contributed by atoms with van der Waals surface area (Å²) in [5, 5.41) is 4.00. The second kappa shape index (κ2) is 2.10. The average molecular weight is 143 g/mol. The minimum absolute atomic E-state index is 0.612. The number of hydrogen-bond donors (Lipinski definition) is 0. The molecule has 2 heterocycles. The average Bonchev–Trinajstić information content (AvgIpc) is 2.50. The molecule has 0 atom stereocenters. The van der Waals surface area contributed by atoms with Crippen molar-refractivity contribution in [3.05, 3.63) is 42.0 Å². The molecule has 3 heteroatoms. The van der Waals surface area contributed by atoms with Gasteiger partial charge in [0.2, 0.25) is 5.69 Å². The van der Waals surface area contributed by atoms with Gasteiger partial charge in [-0.25, -0.2) is 4.85 Å². The summed E-state index contributed by atoms with van der Waals surface area (Å²) >= 11 is 0. The van der Waals surface area contributed by atoms with Gasteiger partial charge in [-0.15, -0.1) is 0 Å². The third-order valence-electron chi connectivity index (χ3n) is 1.51. The molecule has 0 aliphatic heterocycles. The lowest BCUT2D eigenvalue weighted by Gasteiger charge is -1.91. The highest BCUT2D eigenvalue weighted by Gasteiger charge is 1.93. The van der Waals surface area contributed by atoms with Crippen molar-refractivity contribution in [3.63, 3.8) is 0 Å². The van der Waals surface area contributed by atoms with Crippen LogP contribution in [0.3, 0.4) is 0 Å². The Morgan fingerprint density at radius 3 is 3.09 bits per heavy atom. The number of hydrogen-bond acceptors (Lipinski definition) is 1. The van der Waals surface area contributed by atoms with E-state index in [1.807, 2.05) is 12.1 Å². The summed E-state index contributed by atoms with van der Waals surface area (Å²) in [6.07, 6.45) is 3.42. The van der Waals surface area contributed by atoms with Crippen molar-refractivity contribution in [2.75, 3.05) is 0 Å². The molecule has 0 aliphatic rings. The molecule has 0 aromatic carbocycles. The lowest BCUT2D eigenvalue weighted by molar-refractivity contribution is 0.965. The molecule has 0 amide bonds. The van der Waals surface area contributed by atoms with Crippen LogP contribution in [0.15, 0.2) is 30.6 Å². The molecule has 0 spiro atoms. The van der Waals surface area contributed by atoms with E-state index < -0.39 is 0 Å². The molecule has 0 radical (unpaired) electrons. The Labute approximate surface area is 63.7 Å². The monoisotopic (exact) mass is 143 g/mol. The number of pyridine rings is 1. The predicted molar refractivity (Wildman–Crippen MR) is 41.5 cm³/mol. The molecular formula is C8H5N3. The first kappa shape index (κ1) is 5.93. The molecule has 3 nitrogen and oxygen atoms in total. The SMILES string of the molecule is [C-]#[N+]c1ccc2ccnn2c1. The molecule has 0 N–H and O–H groups in total. The molecule has 52 valence electrons. The van der Waals surface area contributed by atoms with Crippen LogP contribution < -0.4 is 0 Å². The quantitative estimate of drug-likeness (QED) is 0.516. The predicted octanol–water partition coefficient (Wildman–Crippen LogP) is 1.89. The molecule has 0 aliphatic carbocycles. The van der Waals surface area contributed by atoms with E-state index in [-0.39, 0.29) is 0 Å². The van der Waals surface area contributed by atoms with Gasteiger partial charge < -0.3 is 0 Å². The van der Waals surface area contributed by atoms with Crippen molar-refractivity contribution < 1.29 is 0 Å². The summed E-state index contributed by atoms with van der Waals surface area (Å²) < 4.78 is 1.69. The van der Waals surface area contributed by atoms with Gasteiger partial charge in [0.15, 0.2) is 0 Å². The minimum Gasteiger partial charge on any atom is -0.251 e. The molecule has 0 bridgehead atoms. The minimum atomic E-state index is 0.612. The van der Waals surface area contributed by atoms with E-state index in [0.29, 0.717) is 5.69 Å². The molecule has 2 aromatic rings. The number of nitrogens with zero attached hydrogens (tertiary/aromatic N) is 3. The molecule has 0 saturated carbocycles. The van der Waals surface area contributed by atoms with Gasteiger partial charge in [0, 0.05) is 12.4 Å². The highest BCUT2D eigenvalue weighted by atomic mass is 15.2. The summed E-state index contributed by atoms with van der Waals surface area (Å²) in [6.45, 7) is 6.76. The van der Waals surface area contributed by atoms with E-state index in [1.54, 1.807) is 23.0 Å². The highest BCUT2D eigenvalue weighted by molar-refractivity contribution is 5.53. The van der Waals surface area contributed by atoms with Crippen molar-refractivity contribution in [1.29, 1.82) is 0 Å². The van der Waals surface area contributed by atoms with E-state index in [0.717, 1.165) is 5.52 Å². The first-order valence-electron chi connectivity index (χ1n) is 3.21. The van der Waals surface area contributed by atoms with Crippen molar-refractivity contribution in [2.24, 2.45) is 0 Å². The Balaban J connectivity index is 2.79. The van der Waals surface area contributed by atoms with Crippen molar-refractivity contribution in [3.8, 4) is 0 Å². The number of fused-ring (bicyclic) bond motifs is 1. The van der Waals surface area contributed by atoms with Gasteiger partial charge in [-0.05, 0) is 12.1 Å². The molecule has 0 unspecified atom stereocenters. The van der Waals surface area contributed by atoms with Gasteiger partial charge in [-0.1, -0.05) is 6.07 Å². The van der Waals surface area contributed by atoms with E-state index in [2.05, 4.69) is 9.94 Å². The van der Waals surface area contributed by atoms with E-state index in [9.17, 15) is 0 Å². The van der Waals surface area contributed by atoms with Gasteiger partial charge in [-0.2, -0.15) is 5.10 Å². The summed E-state index contributed by atoms with van der Waals surface area (Å²) in [4.78, 5) is 3.29. The maximum absolute atomic E-state index is 6.76. The summed E-state index contributed by atoms with van der Waals surface area (Å²) in [7, 11) is 0. The third-order valence-corrected chi connectivity index (χ3v) is 1.51. The van der Waals surface area contributed by atoms with E-state index in [4.69, 9.17) is 6.57 Å². The molecule has 0 saturated heterocycles. The van der Waals surface area contributed by atoms with Gasteiger partial charge in [0.25, 0.3) is 0 Å². The number of aromatic nitrogens is 2. The van der Waals surface area contributed by atoms with Gasteiger partial charge in [0.05, 0.1) is 12.1 Å². The molecular weight excluding hydrogens is 138 g/mol. The van der Waals surface area contributed by atoms with Crippen LogP contribution in [0.2, 0.25) is 0 Å². The smallest absolute Gasteiger partial charge is 0.205 e. The maximum atomic E-state index is 6.76. The van der Waals surface area contributed by atoms with Crippen LogP contribution in [0.5, 0.6) is 0 Å². The Bertz CT molecular complexity index is 422. The van der Waals surface area contributed by atoms with Crippen molar-refractivity contribution >= 4 is 11.2 Å². The topological polar surface area (TPSA) is 21.7 Å². The maximum Gasteiger partial charge on any atom is 0.205 e. The molecule has 2 rings (SSSR count). The van der Waals surface area contributed by atoms with E-state index in [1.165, 1.54) is 0 Å². The first-order chi connectivity index (χ1) is 5.40. The first-order valence-corrected chi connectivity index (χ1v) is 3.21. The van der Waals surface area contributed by atoms with Gasteiger partial charge in [-0.3, -0.25) is 4.52 Å². The third kappa shape index (κ3) is 0.849. The van der Waals surface area contributed by atoms with Gasteiger partial charge >= 0.3 is 0 Å². The molecule has 2 aromatic heterocycles. The molecule has 11 heavy (non-hydrogen) atoms. The van der Waals surface area contributed by atoms with Crippen molar-refractivity contribution in [2.45, 2.75) is 0 Å². The van der Waals surface area contributed by atoms with Crippen LogP contribution >= 0.6 is 0 Å². The normalized spacial score (nSPS) is 9.73. The fourth-order valence-corrected chi connectivity index (χ4v) is 0.970. The van der Waals surface area contributed by atoms with Crippen LogP contribution in [-0.2, 0) is 0 Å². The lowest BCUT2D eigenvalue weighted by Crippen LogP contribution is -1.82. The van der Waals surface area contributed by atoms with Crippen molar-refractivity contribution in [1.82, 2.24) is 9.61 Å². The Morgan fingerprint density at radius 2 is 2.27 bits per heavy atom. The zero-order chi connectivity index (χ0) is 7.68. The largest absolute Gasteiger partial charge is 0.251 e. The molecule has 0 fully saturated rings. The standard InChI is InChI=1S/C8H5N3/c1-9-7-2-3-8-4-5-10-11(8)6-7/h2-6H. The Morgan fingerprint density at radius 1 is 1.36 bits per heavy atom. The fourth-order valence-electron chi connectivity index (χ4n) is 0.970. The van der Waals surface area contributed by atoms with Crippen LogP contribution in [0.25, 0.3) is 10.4 Å². The summed E-state index contributed by atoms with van der Waals surface area (Å²) in [5.74, 6) is 0. The fraction of sp³-hybridized carbons (Fsp3) is 0. The second-order valence-electron chi connectivity index (χ2n) is 2.20. The van der Waals surface area contributed by atoms with Crippen LogP contribution in [-0.4, -0.2) is 9.61 Å². The second-order valence-corrected chi connectivity index (χ2v) is 2.20. The lowest BCUT2D eigenvalue weighted by atomic mass is 10.4. The van der Waals surface area contributed by atoms with Gasteiger partial charge in [0.1, 0.15) is 0 Å². The zero-order valence-corrected chi connectivity index (χ0v) is 5.73. The summed E-state index contributed by atoms with van der Waals surface area (Å²) in [5.41, 5.74) is 1.62.